The smallest absolute Gasteiger partial charge is 0.267 e. The second kappa shape index (κ2) is 9.07. The van der Waals surface area contributed by atoms with Crippen LogP contribution >= 0.6 is 22.9 Å². The van der Waals surface area contributed by atoms with Crippen LogP contribution in [0, 0.1) is 6.92 Å². The fraction of sp³-hybridized carbons (Fsp3) is 0.190. The molecule has 3 aromatic rings. The van der Waals surface area contributed by atoms with Crippen LogP contribution in [0.15, 0.2) is 58.8 Å². The van der Waals surface area contributed by atoms with E-state index in [9.17, 15) is 13.2 Å². The van der Waals surface area contributed by atoms with E-state index in [1.165, 1.54) is 13.1 Å². The lowest BCUT2D eigenvalue weighted by molar-refractivity contribution is 0.102. The molecule has 3 rings (SSSR count). The van der Waals surface area contributed by atoms with E-state index in [0.717, 1.165) is 21.2 Å². The van der Waals surface area contributed by atoms with Gasteiger partial charge in [0.1, 0.15) is 15.5 Å². The van der Waals surface area contributed by atoms with Gasteiger partial charge in [0.15, 0.2) is 0 Å². The molecule has 0 aliphatic rings. The van der Waals surface area contributed by atoms with E-state index >= 15 is 0 Å². The molecular formula is C21H21ClN2O4S2. The SMILES string of the molecule is CCOc1ccc(N(C)S(=O)(=O)c2ccsc2C(=O)Nc2ccc(C)c(Cl)c2)cc1. The fourth-order valence-corrected chi connectivity index (χ4v) is 5.40. The first kappa shape index (κ1) is 22.1. The van der Waals surface area contributed by atoms with Gasteiger partial charge in [-0.3, -0.25) is 9.10 Å². The van der Waals surface area contributed by atoms with Gasteiger partial charge in [0.05, 0.1) is 12.3 Å². The summed E-state index contributed by atoms with van der Waals surface area (Å²) in [6.45, 7) is 4.25. The van der Waals surface area contributed by atoms with Crippen molar-refractivity contribution in [3.63, 3.8) is 0 Å². The van der Waals surface area contributed by atoms with E-state index in [-0.39, 0.29) is 9.77 Å². The Labute approximate surface area is 185 Å². The van der Waals surface area contributed by atoms with Gasteiger partial charge in [-0.25, -0.2) is 8.42 Å². The van der Waals surface area contributed by atoms with Crippen molar-refractivity contribution in [1.82, 2.24) is 0 Å². The summed E-state index contributed by atoms with van der Waals surface area (Å²) in [5.74, 6) is 0.142. The highest BCUT2D eigenvalue weighted by atomic mass is 35.5. The summed E-state index contributed by atoms with van der Waals surface area (Å²) in [4.78, 5) is 12.8. The third-order valence-electron chi connectivity index (χ3n) is 4.41. The van der Waals surface area contributed by atoms with Crippen LogP contribution in [0.1, 0.15) is 22.2 Å². The number of nitrogens with one attached hydrogen (secondary N) is 1. The number of carbonyl (C=O) groups is 1. The Morgan fingerprint density at radius 1 is 1.17 bits per heavy atom. The Morgan fingerprint density at radius 2 is 1.87 bits per heavy atom. The number of nitrogens with zero attached hydrogens (tertiary/aromatic N) is 1. The lowest BCUT2D eigenvalue weighted by Gasteiger charge is -2.20. The van der Waals surface area contributed by atoms with Crippen molar-refractivity contribution in [1.29, 1.82) is 0 Å². The second-order valence-electron chi connectivity index (χ2n) is 6.43. The van der Waals surface area contributed by atoms with Crippen LogP contribution in [0.3, 0.4) is 0 Å². The average Bonchev–Trinajstić information content (AvgIpc) is 3.22. The van der Waals surface area contributed by atoms with Crippen molar-refractivity contribution < 1.29 is 17.9 Å². The Morgan fingerprint density at radius 3 is 2.50 bits per heavy atom. The normalized spacial score (nSPS) is 11.2. The number of hydrogen-bond donors (Lipinski definition) is 1. The molecule has 0 spiro atoms. The maximum atomic E-state index is 13.2. The predicted molar refractivity (Wildman–Crippen MR) is 122 cm³/mol. The number of halogens is 1. The number of anilines is 2. The van der Waals surface area contributed by atoms with E-state index in [1.807, 2.05) is 13.8 Å². The molecule has 0 saturated heterocycles. The fourth-order valence-electron chi connectivity index (χ4n) is 2.73. The molecule has 0 atom stereocenters. The monoisotopic (exact) mass is 464 g/mol. The van der Waals surface area contributed by atoms with E-state index in [4.69, 9.17) is 16.3 Å². The number of hydrogen-bond acceptors (Lipinski definition) is 5. The van der Waals surface area contributed by atoms with Gasteiger partial charge >= 0.3 is 0 Å². The number of sulfonamides is 1. The molecule has 30 heavy (non-hydrogen) atoms. The molecule has 0 unspecified atom stereocenters. The van der Waals surface area contributed by atoms with E-state index in [0.29, 0.717) is 28.8 Å². The molecule has 1 N–H and O–H groups in total. The van der Waals surface area contributed by atoms with Crippen molar-refractivity contribution >= 4 is 50.2 Å². The molecule has 1 amide bonds. The summed E-state index contributed by atoms with van der Waals surface area (Å²) >= 11 is 7.17. The number of ether oxygens (including phenoxy) is 1. The van der Waals surface area contributed by atoms with Gasteiger partial charge in [-0.05, 0) is 67.3 Å². The molecule has 9 heteroatoms. The van der Waals surface area contributed by atoms with Gasteiger partial charge in [-0.2, -0.15) is 0 Å². The number of rotatable bonds is 7. The van der Waals surface area contributed by atoms with Crippen LogP contribution in [0.5, 0.6) is 5.75 Å². The van der Waals surface area contributed by atoms with Crippen molar-refractivity contribution in [3.8, 4) is 5.75 Å². The number of aryl methyl sites for hydroxylation is 1. The van der Waals surface area contributed by atoms with Gasteiger partial charge in [-0.1, -0.05) is 17.7 Å². The van der Waals surface area contributed by atoms with Crippen molar-refractivity contribution in [2.24, 2.45) is 0 Å². The summed E-state index contributed by atoms with van der Waals surface area (Å²) in [5, 5.41) is 4.81. The van der Waals surface area contributed by atoms with E-state index < -0.39 is 15.9 Å². The molecule has 0 radical (unpaired) electrons. The first-order valence-electron chi connectivity index (χ1n) is 9.11. The molecule has 0 aliphatic carbocycles. The van der Waals surface area contributed by atoms with E-state index in [1.54, 1.807) is 47.8 Å². The van der Waals surface area contributed by atoms with Gasteiger partial charge in [0, 0.05) is 17.8 Å². The molecule has 1 heterocycles. The van der Waals surface area contributed by atoms with Crippen molar-refractivity contribution in [2.75, 3.05) is 23.3 Å². The lowest BCUT2D eigenvalue weighted by atomic mass is 10.2. The maximum Gasteiger partial charge on any atom is 0.267 e. The highest BCUT2D eigenvalue weighted by molar-refractivity contribution is 7.93. The van der Waals surface area contributed by atoms with Gasteiger partial charge < -0.3 is 10.1 Å². The molecule has 158 valence electrons. The summed E-state index contributed by atoms with van der Waals surface area (Å²) in [6.07, 6.45) is 0. The molecule has 2 aromatic carbocycles. The molecule has 0 fully saturated rings. The molecular weight excluding hydrogens is 444 g/mol. The molecule has 0 aliphatic heterocycles. The van der Waals surface area contributed by atoms with Gasteiger partial charge in [0.25, 0.3) is 15.9 Å². The quantitative estimate of drug-likeness (QED) is 0.522. The van der Waals surface area contributed by atoms with Crippen molar-refractivity contribution in [3.05, 3.63) is 69.4 Å². The summed E-state index contributed by atoms with van der Waals surface area (Å²) in [6, 6.07) is 13.3. The minimum atomic E-state index is -3.94. The van der Waals surface area contributed by atoms with Crippen molar-refractivity contribution in [2.45, 2.75) is 18.7 Å². The van der Waals surface area contributed by atoms with Crippen LogP contribution in [0.2, 0.25) is 5.02 Å². The lowest BCUT2D eigenvalue weighted by Crippen LogP contribution is -2.28. The van der Waals surface area contributed by atoms with E-state index in [2.05, 4.69) is 5.32 Å². The zero-order chi connectivity index (χ0) is 21.9. The average molecular weight is 465 g/mol. The molecule has 0 bridgehead atoms. The summed E-state index contributed by atoms with van der Waals surface area (Å²) < 4.78 is 32.9. The summed E-state index contributed by atoms with van der Waals surface area (Å²) in [5.41, 5.74) is 1.83. The first-order chi connectivity index (χ1) is 14.2. The number of amides is 1. The Balaban J connectivity index is 1.86. The summed E-state index contributed by atoms with van der Waals surface area (Å²) in [7, 11) is -2.49. The number of benzene rings is 2. The number of thiophene rings is 1. The predicted octanol–water partition coefficient (Wildman–Crippen LogP) is 5.19. The zero-order valence-electron chi connectivity index (χ0n) is 16.7. The Hall–Kier alpha value is -2.55. The standard InChI is InChI=1S/C21H21ClN2O4S2/c1-4-28-17-9-7-16(8-10-17)24(3)30(26,27)19-11-12-29-20(19)21(25)23-15-6-5-14(2)18(22)13-15/h5-13H,4H2,1-3H3,(H,23,25). The van der Waals surface area contributed by atoms with Crippen LogP contribution in [0.4, 0.5) is 11.4 Å². The molecule has 6 nitrogen and oxygen atoms in total. The second-order valence-corrected chi connectivity index (χ2v) is 9.69. The van der Waals surface area contributed by atoms with Crippen LogP contribution < -0.4 is 14.4 Å². The molecule has 1 aromatic heterocycles. The topological polar surface area (TPSA) is 75.7 Å². The largest absolute Gasteiger partial charge is 0.494 e. The highest BCUT2D eigenvalue weighted by Gasteiger charge is 2.28. The van der Waals surface area contributed by atoms with Gasteiger partial charge in [0.2, 0.25) is 0 Å². The first-order valence-corrected chi connectivity index (χ1v) is 11.8. The Kier molecular flexibility index (Phi) is 6.70. The minimum absolute atomic E-state index is 0.0559. The van der Waals surface area contributed by atoms with Gasteiger partial charge in [-0.15, -0.1) is 11.3 Å². The highest BCUT2D eigenvalue weighted by Crippen LogP contribution is 2.30. The maximum absolute atomic E-state index is 13.2. The zero-order valence-corrected chi connectivity index (χ0v) is 19.1. The third-order valence-corrected chi connectivity index (χ3v) is 7.69. The molecule has 0 saturated carbocycles. The third kappa shape index (κ3) is 4.61. The van der Waals surface area contributed by atoms with Crippen LogP contribution in [0.25, 0.3) is 0 Å². The van der Waals surface area contributed by atoms with Crippen LogP contribution in [-0.4, -0.2) is 28.0 Å². The Bertz CT molecular complexity index is 1160. The minimum Gasteiger partial charge on any atom is -0.494 e. The van der Waals surface area contributed by atoms with Crippen LogP contribution in [-0.2, 0) is 10.0 Å². The number of carbonyl (C=O) groups excluding carboxylic acids is 1.